The summed E-state index contributed by atoms with van der Waals surface area (Å²) in [5, 5.41) is 7.70. The van der Waals surface area contributed by atoms with Crippen LogP contribution in [0.5, 0.6) is 0 Å². The molecule has 1 heteroatoms. The van der Waals surface area contributed by atoms with Gasteiger partial charge in [0.1, 0.15) is 0 Å². The second-order valence-electron chi connectivity index (χ2n) is 15.2. The molecule has 0 bridgehead atoms. The summed E-state index contributed by atoms with van der Waals surface area (Å²) in [4.78, 5) is 2.38. The topological polar surface area (TPSA) is 3.24 Å². The Morgan fingerprint density at radius 3 is 1.52 bits per heavy atom. The second-order valence-corrected chi connectivity index (χ2v) is 15.2. The van der Waals surface area contributed by atoms with Crippen molar-refractivity contribution in [2.75, 3.05) is 4.90 Å². The molecule has 0 saturated heterocycles. The van der Waals surface area contributed by atoms with Gasteiger partial charge in [-0.2, -0.15) is 0 Å². The van der Waals surface area contributed by atoms with Crippen LogP contribution < -0.4 is 4.90 Å². The molecular weight excluding hydrogens is 675 g/mol. The van der Waals surface area contributed by atoms with Gasteiger partial charge in [0.2, 0.25) is 0 Å². The monoisotopic (exact) mass is 709 g/mol. The molecule has 12 rings (SSSR count). The molecule has 260 valence electrons. The number of benzene rings is 10. The van der Waals surface area contributed by atoms with Gasteiger partial charge in [0.25, 0.3) is 0 Å². The molecule has 2 aliphatic carbocycles. The van der Waals surface area contributed by atoms with Crippen LogP contribution in [0.3, 0.4) is 0 Å². The minimum atomic E-state index is -0.474. The lowest BCUT2D eigenvalue weighted by Crippen LogP contribution is -2.26. The third-order valence-corrected chi connectivity index (χ3v) is 12.4. The van der Waals surface area contributed by atoms with E-state index in [1.807, 2.05) is 0 Å². The van der Waals surface area contributed by atoms with Gasteiger partial charge in [-0.3, -0.25) is 0 Å². The highest BCUT2D eigenvalue weighted by Gasteiger charge is 2.53. The summed E-state index contributed by atoms with van der Waals surface area (Å²) in [7, 11) is 0. The van der Waals surface area contributed by atoms with E-state index in [-0.39, 0.29) is 0 Å². The second kappa shape index (κ2) is 11.9. The molecule has 0 N–H and O–H groups in total. The fraction of sp³-hybridized carbons (Fsp3) is 0.0182. The van der Waals surface area contributed by atoms with Crippen molar-refractivity contribution in [3.8, 4) is 33.4 Å². The van der Waals surface area contributed by atoms with Crippen LogP contribution in [0.2, 0.25) is 0 Å². The summed E-state index contributed by atoms with van der Waals surface area (Å²) < 4.78 is 0. The standard InChI is InChI=1S/C55H35N/c1-3-15-36(16-4-1)37-27-30-41(31-28-37)56(40-17-5-2-6-18-40)42-32-29-38-34-49-52(35-39(38)33-42)55(50-25-13-11-21-45(50)46-22-12-14-26-51(46)55)54-48-24-10-8-20-44(48)43-19-7-9-23-47(43)53(49)54/h1-35H. The predicted molar refractivity (Wildman–Crippen MR) is 235 cm³/mol. The zero-order valence-electron chi connectivity index (χ0n) is 30.7. The molecule has 0 heterocycles. The first kappa shape index (κ1) is 31.2. The van der Waals surface area contributed by atoms with Crippen molar-refractivity contribution in [2.45, 2.75) is 5.41 Å². The number of nitrogens with zero attached hydrogens (tertiary/aromatic N) is 1. The average Bonchev–Trinajstić information content (AvgIpc) is 3.74. The molecule has 0 radical (unpaired) electrons. The van der Waals surface area contributed by atoms with Gasteiger partial charge in [0.15, 0.2) is 0 Å². The molecule has 0 fully saturated rings. The van der Waals surface area contributed by atoms with Gasteiger partial charge in [0, 0.05) is 17.1 Å². The summed E-state index contributed by atoms with van der Waals surface area (Å²) >= 11 is 0. The zero-order valence-corrected chi connectivity index (χ0v) is 30.7. The van der Waals surface area contributed by atoms with Crippen LogP contribution in [-0.2, 0) is 5.41 Å². The van der Waals surface area contributed by atoms with Crippen LogP contribution in [0.4, 0.5) is 17.1 Å². The van der Waals surface area contributed by atoms with Gasteiger partial charge in [-0.25, -0.2) is 0 Å². The van der Waals surface area contributed by atoms with E-state index in [0.717, 1.165) is 17.1 Å². The average molecular weight is 710 g/mol. The maximum atomic E-state index is 2.53. The van der Waals surface area contributed by atoms with E-state index in [4.69, 9.17) is 0 Å². The fourth-order valence-corrected chi connectivity index (χ4v) is 10.1. The predicted octanol–water partition coefficient (Wildman–Crippen LogP) is 14.6. The molecule has 10 aromatic carbocycles. The van der Waals surface area contributed by atoms with Crippen molar-refractivity contribution in [1.29, 1.82) is 0 Å². The molecule has 0 saturated carbocycles. The molecule has 0 unspecified atom stereocenters. The van der Waals surface area contributed by atoms with Crippen LogP contribution in [0.25, 0.3) is 65.7 Å². The quantitative estimate of drug-likeness (QED) is 0.164. The van der Waals surface area contributed by atoms with Crippen molar-refractivity contribution in [3.63, 3.8) is 0 Å². The number of hydrogen-bond acceptors (Lipinski definition) is 1. The Kier molecular flexibility index (Phi) is 6.62. The lowest BCUT2D eigenvalue weighted by atomic mass is 9.69. The normalized spacial score (nSPS) is 13.1. The number of rotatable bonds is 4. The van der Waals surface area contributed by atoms with E-state index in [2.05, 4.69) is 217 Å². The minimum absolute atomic E-state index is 0.474. The molecule has 0 aromatic heterocycles. The first-order chi connectivity index (χ1) is 27.8. The molecule has 0 aliphatic heterocycles. The van der Waals surface area contributed by atoms with E-state index in [9.17, 15) is 0 Å². The summed E-state index contributed by atoms with van der Waals surface area (Å²) in [6.07, 6.45) is 0. The van der Waals surface area contributed by atoms with Gasteiger partial charge in [-0.05, 0) is 136 Å². The maximum Gasteiger partial charge on any atom is 0.0731 e. The van der Waals surface area contributed by atoms with E-state index >= 15 is 0 Å². The van der Waals surface area contributed by atoms with Gasteiger partial charge >= 0.3 is 0 Å². The first-order valence-electron chi connectivity index (χ1n) is 19.5. The van der Waals surface area contributed by atoms with Crippen molar-refractivity contribution in [2.24, 2.45) is 0 Å². The summed E-state index contributed by atoms with van der Waals surface area (Å²) in [5.41, 5.74) is 16.1. The highest BCUT2D eigenvalue weighted by molar-refractivity contribution is 6.20. The Hall–Kier alpha value is -7.22. The van der Waals surface area contributed by atoms with Crippen LogP contribution in [0, 0.1) is 0 Å². The molecule has 0 amide bonds. The molecule has 10 aromatic rings. The third kappa shape index (κ3) is 4.26. The van der Waals surface area contributed by atoms with Crippen molar-refractivity contribution in [1.82, 2.24) is 0 Å². The molecule has 0 atom stereocenters. The van der Waals surface area contributed by atoms with E-state index in [0.29, 0.717) is 0 Å². The molecular formula is C55H35N. The summed E-state index contributed by atoms with van der Waals surface area (Å²) in [6.45, 7) is 0. The smallest absolute Gasteiger partial charge is 0.0731 e. The van der Waals surface area contributed by atoms with Gasteiger partial charge in [-0.1, -0.05) is 164 Å². The van der Waals surface area contributed by atoms with Crippen molar-refractivity contribution >= 4 is 49.4 Å². The number of para-hydroxylation sites is 1. The highest BCUT2D eigenvalue weighted by atomic mass is 15.1. The fourth-order valence-electron chi connectivity index (χ4n) is 10.1. The van der Waals surface area contributed by atoms with Crippen LogP contribution in [0.1, 0.15) is 22.3 Å². The van der Waals surface area contributed by atoms with Gasteiger partial charge in [0.05, 0.1) is 5.41 Å². The number of anilines is 3. The van der Waals surface area contributed by atoms with Crippen LogP contribution >= 0.6 is 0 Å². The first-order valence-corrected chi connectivity index (χ1v) is 19.5. The van der Waals surface area contributed by atoms with Crippen molar-refractivity contribution in [3.05, 3.63) is 235 Å². The lowest BCUT2D eigenvalue weighted by Gasteiger charge is -2.32. The Morgan fingerprint density at radius 2 is 0.821 bits per heavy atom. The molecule has 56 heavy (non-hydrogen) atoms. The van der Waals surface area contributed by atoms with Gasteiger partial charge in [-0.15, -0.1) is 0 Å². The van der Waals surface area contributed by atoms with Crippen LogP contribution in [0.15, 0.2) is 212 Å². The summed E-state index contributed by atoms with van der Waals surface area (Å²) in [5.74, 6) is 0. The highest BCUT2D eigenvalue weighted by Crippen LogP contribution is 2.65. The third-order valence-electron chi connectivity index (χ3n) is 12.4. The van der Waals surface area contributed by atoms with E-state index < -0.39 is 5.41 Å². The van der Waals surface area contributed by atoms with E-state index in [1.54, 1.807) is 0 Å². The zero-order chi connectivity index (χ0) is 36.8. The SMILES string of the molecule is c1ccc(-c2ccc(N(c3ccccc3)c3ccc4cc5c(cc4c3)C3(c4ccccc4-c4ccccc43)c3c-5c4ccccc4c4ccccc34)cc2)cc1. The Bertz CT molecular complexity index is 3130. The molecule has 1 spiro atoms. The molecule has 2 aliphatic rings. The maximum absolute atomic E-state index is 2.53. The minimum Gasteiger partial charge on any atom is -0.310 e. The largest absolute Gasteiger partial charge is 0.310 e. The van der Waals surface area contributed by atoms with Crippen LogP contribution in [-0.4, -0.2) is 0 Å². The Labute approximate surface area is 326 Å². The number of hydrogen-bond donors (Lipinski definition) is 0. The number of fused-ring (bicyclic) bond motifs is 16. The Balaban J connectivity index is 1.14. The van der Waals surface area contributed by atoms with Gasteiger partial charge < -0.3 is 4.90 Å². The Morgan fingerprint density at radius 1 is 0.304 bits per heavy atom. The lowest BCUT2D eigenvalue weighted by molar-refractivity contribution is 0.803. The molecule has 1 nitrogen and oxygen atoms in total. The van der Waals surface area contributed by atoms with Crippen molar-refractivity contribution < 1.29 is 0 Å². The van der Waals surface area contributed by atoms with E-state index in [1.165, 1.54) is 88.0 Å². The summed E-state index contributed by atoms with van der Waals surface area (Å²) in [6, 6.07) is 78.7.